The molecule has 1 aliphatic heterocycles. The van der Waals surface area contributed by atoms with E-state index < -0.39 is 11.8 Å². The predicted octanol–water partition coefficient (Wildman–Crippen LogP) is 1.76. The van der Waals surface area contributed by atoms with Gasteiger partial charge in [0.1, 0.15) is 11.6 Å². The Morgan fingerprint density at radius 2 is 1.88 bits per heavy atom. The van der Waals surface area contributed by atoms with Gasteiger partial charge in [-0.3, -0.25) is 9.59 Å². The highest BCUT2D eigenvalue weighted by Crippen LogP contribution is 2.30. The quantitative estimate of drug-likeness (QED) is 0.794. The fourth-order valence-corrected chi connectivity index (χ4v) is 3.06. The molecule has 0 saturated carbocycles. The number of aryl methyl sites for hydroxylation is 2. The highest BCUT2D eigenvalue weighted by atomic mass is 16.2. The van der Waals surface area contributed by atoms with Gasteiger partial charge in [-0.05, 0) is 44.7 Å². The molecule has 0 unspecified atom stereocenters. The first kappa shape index (κ1) is 17.8. The molecular formula is C18H22N6O2. The molecule has 3 rings (SSSR count). The van der Waals surface area contributed by atoms with Gasteiger partial charge < -0.3 is 16.0 Å². The third-order valence-electron chi connectivity index (χ3n) is 4.52. The number of amides is 2. The summed E-state index contributed by atoms with van der Waals surface area (Å²) in [5.41, 5.74) is 7.71. The highest BCUT2D eigenvalue weighted by molar-refractivity contribution is 6.39. The molecule has 2 amide bonds. The number of hydrogen-bond donors (Lipinski definition) is 2. The number of rotatable bonds is 2. The van der Waals surface area contributed by atoms with E-state index in [0.717, 1.165) is 30.4 Å². The van der Waals surface area contributed by atoms with E-state index in [0.29, 0.717) is 23.9 Å². The minimum absolute atomic E-state index is 0.186. The lowest BCUT2D eigenvalue weighted by atomic mass is 9.97. The monoisotopic (exact) mass is 354 g/mol. The Kier molecular flexibility index (Phi) is 5.11. The summed E-state index contributed by atoms with van der Waals surface area (Å²) in [4.78, 5) is 39.2. The van der Waals surface area contributed by atoms with Crippen LogP contribution < -0.4 is 11.1 Å². The number of nitrogen functional groups attached to an aromatic ring is 1. The number of nitrogens with two attached hydrogens (primary N) is 1. The van der Waals surface area contributed by atoms with Crippen LogP contribution in [-0.2, 0) is 9.59 Å². The average molecular weight is 354 g/mol. The SMILES string of the molecule is Cc1ncc([C@@H]2CCCCN2C(=O)C(=O)Nc2cnc(N)c(C)c2)cn1. The smallest absolute Gasteiger partial charge is 0.313 e. The maximum absolute atomic E-state index is 12.7. The van der Waals surface area contributed by atoms with Crippen molar-refractivity contribution in [1.82, 2.24) is 19.9 Å². The molecule has 1 atom stereocenters. The zero-order valence-electron chi connectivity index (χ0n) is 14.9. The molecule has 1 fully saturated rings. The van der Waals surface area contributed by atoms with E-state index in [2.05, 4.69) is 20.3 Å². The minimum atomic E-state index is -0.684. The number of pyridine rings is 1. The fourth-order valence-electron chi connectivity index (χ4n) is 3.06. The van der Waals surface area contributed by atoms with Crippen LogP contribution in [0.3, 0.4) is 0 Å². The van der Waals surface area contributed by atoms with Crippen LogP contribution in [0.25, 0.3) is 0 Å². The molecule has 0 spiro atoms. The van der Waals surface area contributed by atoms with Gasteiger partial charge in [-0.15, -0.1) is 0 Å². The van der Waals surface area contributed by atoms with Crippen LogP contribution in [-0.4, -0.2) is 38.2 Å². The second kappa shape index (κ2) is 7.47. The molecule has 3 N–H and O–H groups in total. The maximum Gasteiger partial charge on any atom is 0.313 e. The molecule has 0 radical (unpaired) electrons. The number of nitrogens with zero attached hydrogens (tertiary/aromatic N) is 4. The van der Waals surface area contributed by atoms with E-state index in [1.165, 1.54) is 6.20 Å². The first-order valence-electron chi connectivity index (χ1n) is 8.58. The maximum atomic E-state index is 12.7. The Bertz CT molecular complexity index is 821. The van der Waals surface area contributed by atoms with Gasteiger partial charge in [0.05, 0.1) is 17.9 Å². The van der Waals surface area contributed by atoms with E-state index in [1.807, 2.05) is 6.92 Å². The molecule has 1 aliphatic rings. The van der Waals surface area contributed by atoms with Crippen molar-refractivity contribution >= 4 is 23.3 Å². The molecule has 136 valence electrons. The van der Waals surface area contributed by atoms with Crippen LogP contribution in [0, 0.1) is 13.8 Å². The molecule has 0 aliphatic carbocycles. The van der Waals surface area contributed by atoms with E-state index in [9.17, 15) is 9.59 Å². The van der Waals surface area contributed by atoms with Crippen molar-refractivity contribution in [3.8, 4) is 0 Å². The van der Waals surface area contributed by atoms with Gasteiger partial charge in [0, 0.05) is 24.5 Å². The molecule has 3 heterocycles. The predicted molar refractivity (Wildman–Crippen MR) is 97.1 cm³/mol. The number of nitrogens with one attached hydrogen (secondary N) is 1. The molecular weight excluding hydrogens is 332 g/mol. The summed E-state index contributed by atoms with van der Waals surface area (Å²) in [5.74, 6) is -0.183. The topological polar surface area (TPSA) is 114 Å². The molecule has 8 heteroatoms. The standard InChI is InChI=1S/C18H22N6O2/c1-11-7-14(10-22-16(11)19)23-17(25)18(26)24-6-4-3-5-15(24)13-8-20-12(2)21-9-13/h7-10,15H,3-6H2,1-2H3,(H2,19,22)(H,23,25)/t15-/m0/s1. The van der Waals surface area contributed by atoms with Crippen molar-refractivity contribution < 1.29 is 9.59 Å². The summed E-state index contributed by atoms with van der Waals surface area (Å²) in [5, 5.41) is 2.61. The zero-order chi connectivity index (χ0) is 18.7. The van der Waals surface area contributed by atoms with Gasteiger partial charge in [-0.2, -0.15) is 0 Å². The lowest BCUT2D eigenvalue weighted by Crippen LogP contribution is -2.44. The third-order valence-corrected chi connectivity index (χ3v) is 4.52. The van der Waals surface area contributed by atoms with Crippen LogP contribution in [0.5, 0.6) is 0 Å². The van der Waals surface area contributed by atoms with Gasteiger partial charge in [0.15, 0.2) is 0 Å². The molecule has 2 aromatic rings. The Morgan fingerprint density at radius 3 is 2.58 bits per heavy atom. The molecule has 2 aromatic heterocycles. The fraction of sp³-hybridized carbons (Fsp3) is 0.389. The number of carbonyl (C=O) groups is 2. The summed E-state index contributed by atoms with van der Waals surface area (Å²) in [7, 11) is 0. The summed E-state index contributed by atoms with van der Waals surface area (Å²) in [6.07, 6.45) is 7.53. The second-order valence-corrected chi connectivity index (χ2v) is 6.45. The van der Waals surface area contributed by atoms with Crippen molar-refractivity contribution in [2.45, 2.75) is 39.2 Å². The van der Waals surface area contributed by atoms with Crippen LogP contribution >= 0.6 is 0 Å². The van der Waals surface area contributed by atoms with Crippen molar-refractivity contribution in [2.24, 2.45) is 0 Å². The van der Waals surface area contributed by atoms with Crippen molar-refractivity contribution in [2.75, 3.05) is 17.6 Å². The highest BCUT2D eigenvalue weighted by Gasteiger charge is 2.32. The lowest BCUT2D eigenvalue weighted by molar-refractivity contribution is -0.145. The third kappa shape index (κ3) is 3.79. The lowest BCUT2D eigenvalue weighted by Gasteiger charge is -2.35. The first-order chi connectivity index (χ1) is 12.5. The number of aromatic nitrogens is 3. The number of anilines is 2. The molecule has 1 saturated heterocycles. The van der Waals surface area contributed by atoms with Crippen LogP contribution in [0.1, 0.15) is 42.3 Å². The Morgan fingerprint density at radius 1 is 1.15 bits per heavy atom. The Balaban J connectivity index is 1.76. The summed E-state index contributed by atoms with van der Waals surface area (Å²) >= 11 is 0. The zero-order valence-corrected chi connectivity index (χ0v) is 14.9. The van der Waals surface area contributed by atoms with E-state index in [4.69, 9.17) is 5.73 Å². The van der Waals surface area contributed by atoms with Crippen molar-refractivity contribution in [3.05, 3.63) is 41.6 Å². The first-order valence-corrected chi connectivity index (χ1v) is 8.58. The van der Waals surface area contributed by atoms with Gasteiger partial charge in [-0.25, -0.2) is 15.0 Å². The number of carbonyl (C=O) groups excluding carboxylic acids is 2. The molecule has 26 heavy (non-hydrogen) atoms. The summed E-state index contributed by atoms with van der Waals surface area (Å²) < 4.78 is 0. The number of piperidine rings is 1. The van der Waals surface area contributed by atoms with Gasteiger partial charge in [-0.1, -0.05) is 0 Å². The molecule has 0 bridgehead atoms. The van der Waals surface area contributed by atoms with Crippen LogP contribution in [0.4, 0.5) is 11.5 Å². The normalized spacial score (nSPS) is 17.0. The Labute approximate surface area is 151 Å². The second-order valence-electron chi connectivity index (χ2n) is 6.45. The minimum Gasteiger partial charge on any atom is -0.383 e. The van der Waals surface area contributed by atoms with Gasteiger partial charge in [0.25, 0.3) is 0 Å². The van der Waals surface area contributed by atoms with Gasteiger partial charge in [0.2, 0.25) is 0 Å². The van der Waals surface area contributed by atoms with Crippen molar-refractivity contribution in [3.63, 3.8) is 0 Å². The molecule has 8 nitrogen and oxygen atoms in total. The van der Waals surface area contributed by atoms with E-state index in [1.54, 1.807) is 30.3 Å². The van der Waals surface area contributed by atoms with E-state index >= 15 is 0 Å². The average Bonchev–Trinajstić information content (AvgIpc) is 2.65. The van der Waals surface area contributed by atoms with Crippen LogP contribution in [0.15, 0.2) is 24.7 Å². The van der Waals surface area contributed by atoms with E-state index in [-0.39, 0.29) is 6.04 Å². The summed E-state index contributed by atoms with van der Waals surface area (Å²) in [6, 6.07) is 1.50. The van der Waals surface area contributed by atoms with Crippen LogP contribution in [0.2, 0.25) is 0 Å². The Hall–Kier alpha value is -3.03. The summed E-state index contributed by atoms with van der Waals surface area (Å²) in [6.45, 7) is 4.13. The van der Waals surface area contributed by atoms with Crippen molar-refractivity contribution in [1.29, 1.82) is 0 Å². The molecule has 0 aromatic carbocycles. The number of likely N-dealkylation sites (tertiary alicyclic amines) is 1. The van der Waals surface area contributed by atoms with Gasteiger partial charge >= 0.3 is 11.8 Å². The largest absolute Gasteiger partial charge is 0.383 e. The number of hydrogen-bond acceptors (Lipinski definition) is 6.